The third-order valence-corrected chi connectivity index (χ3v) is 4.35. The van der Waals surface area contributed by atoms with Gasteiger partial charge in [-0.15, -0.1) is 0 Å². The summed E-state index contributed by atoms with van der Waals surface area (Å²) in [5.74, 6) is 1.26. The summed E-state index contributed by atoms with van der Waals surface area (Å²) in [5, 5.41) is 2.94. The number of rotatable bonds is 8. The highest BCUT2D eigenvalue weighted by Gasteiger charge is 2.04. The van der Waals surface area contributed by atoms with E-state index in [-0.39, 0.29) is 5.91 Å². The van der Waals surface area contributed by atoms with E-state index in [4.69, 9.17) is 4.74 Å². The Morgan fingerprint density at radius 2 is 2.00 bits per heavy atom. The zero-order chi connectivity index (χ0) is 19.1. The summed E-state index contributed by atoms with van der Waals surface area (Å²) >= 11 is 0. The summed E-state index contributed by atoms with van der Waals surface area (Å²) < 4.78 is 7.59. The predicted octanol–water partition coefficient (Wildman–Crippen LogP) is 4.08. The molecule has 0 fully saturated rings. The first-order chi connectivity index (χ1) is 13.1. The molecular weight excluding hydrogens is 338 g/mol. The third-order valence-electron chi connectivity index (χ3n) is 4.35. The van der Waals surface area contributed by atoms with Gasteiger partial charge in [0, 0.05) is 24.6 Å². The average Bonchev–Trinajstić information content (AvgIpc) is 3.22. The van der Waals surface area contributed by atoms with Crippen LogP contribution in [0.5, 0.6) is 5.75 Å². The number of nitrogens with one attached hydrogen (secondary N) is 1. The number of carbonyl (C=O) groups is 1. The fourth-order valence-corrected chi connectivity index (χ4v) is 2.74. The number of hydrogen-bond donors (Lipinski definition) is 1. The predicted molar refractivity (Wildman–Crippen MR) is 106 cm³/mol. The SMILES string of the molecule is CC(C)c1ccc(OCCC(=O)NCc2cccc(-n3ccnc3)c2)cc1. The molecule has 3 aromatic rings. The molecule has 0 aliphatic rings. The third kappa shape index (κ3) is 5.45. The molecule has 0 aliphatic carbocycles. The van der Waals surface area contributed by atoms with Crippen molar-refractivity contribution in [1.29, 1.82) is 0 Å². The summed E-state index contributed by atoms with van der Waals surface area (Å²) in [5.41, 5.74) is 3.34. The lowest BCUT2D eigenvalue weighted by atomic mass is 10.0. The molecular formula is C22H25N3O2. The molecule has 0 atom stereocenters. The number of nitrogens with zero attached hydrogens (tertiary/aromatic N) is 2. The van der Waals surface area contributed by atoms with E-state index in [1.54, 1.807) is 12.5 Å². The molecule has 27 heavy (non-hydrogen) atoms. The molecule has 1 heterocycles. The number of benzene rings is 2. The van der Waals surface area contributed by atoms with Gasteiger partial charge in [-0.2, -0.15) is 0 Å². The van der Waals surface area contributed by atoms with E-state index in [2.05, 4.69) is 36.3 Å². The fourth-order valence-electron chi connectivity index (χ4n) is 2.74. The van der Waals surface area contributed by atoms with E-state index >= 15 is 0 Å². The molecule has 0 spiro atoms. The first-order valence-corrected chi connectivity index (χ1v) is 9.18. The first-order valence-electron chi connectivity index (χ1n) is 9.18. The molecule has 0 bridgehead atoms. The van der Waals surface area contributed by atoms with Crippen LogP contribution in [0.4, 0.5) is 0 Å². The van der Waals surface area contributed by atoms with Gasteiger partial charge in [0.05, 0.1) is 19.4 Å². The zero-order valence-corrected chi connectivity index (χ0v) is 15.8. The lowest BCUT2D eigenvalue weighted by Gasteiger charge is -2.10. The minimum atomic E-state index is -0.0261. The van der Waals surface area contributed by atoms with E-state index in [1.165, 1.54) is 5.56 Å². The highest BCUT2D eigenvalue weighted by molar-refractivity contribution is 5.76. The Balaban J connectivity index is 1.43. The standard InChI is InChI=1S/C22H25N3O2/c1-17(2)19-6-8-21(9-7-19)27-13-10-22(26)24-15-18-4-3-5-20(14-18)25-12-11-23-16-25/h3-9,11-12,14,16-17H,10,13,15H2,1-2H3,(H,24,26). The van der Waals surface area contributed by atoms with E-state index in [0.717, 1.165) is 17.0 Å². The van der Waals surface area contributed by atoms with Gasteiger partial charge in [-0.25, -0.2) is 4.98 Å². The molecule has 1 aromatic heterocycles. The molecule has 2 aromatic carbocycles. The van der Waals surface area contributed by atoms with Gasteiger partial charge >= 0.3 is 0 Å². The van der Waals surface area contributed by atoms with Gasteiger partial charge in [0.2, 0.25) is 5.91 Å². The van der Waals surface area contributed by atoms with Crippen LogP contribution in [-0.2, 0) is 11.3 Å². The van der Waals surface area contributed by atoms with Gasteiger partial charge in [-0.3, -0.25) is 4.79 Å². The van der Waals surface area contributed by atoms with Crippen molar-refractivity contribution in [1.82, 2.24) is 14.9 Å². The maximum Gasteiger partial charge on any atom is 0.223 e. The van der Waals surface area contributed by atoms with Crippen LogP contribution in [0.3, 0.4) is 0 Å². The van der Waals surface area contributed by atoms with E-state index < -0.39 is 0 Å². The maximum atomic E-state index is 12.1. The van der Waals surface area contributed by atoms with Crippen LogP contribution < -0.4 is 10.1 Å². The Bertz CT molecular complexity index is 856. The van der Waals surface area contributed by atoms with Gasteiger partial charge < -0.3 is 14.6 Å². The average molecular weight is 363 g/mol. The van der Waals surface area contributed by atoms with Crippen molar-refractivity contribution in [2.45, 2.75) is 32.7 Å². The van der Waals surface area contributed by atoms with Crippen molar-refractivity contribution >= 4 is 5.91 Å². The fraction of sp³-hybridized carbons (Fsp3) is 0.273. The minimum absolute atomic E-state index is 0.0261. The van der Waals surface area contributed by atoms with Gasteiger partial charge in [0.15, 0.2) is 0 Å². The molecule has 0 aliphatic heterocycles. The lowest BCUT2D eigenvalue weighted by molar-refractivity contribution is -0.121. The second-order valence-electron chi connectivity index (χ2n) is 6.74. The van der Waals surface area contributed by atoms with Gasteiger partial charge in [-0.1, -0.05) is 38.1 Å². The van der Waals surface area contributed by atoms with Gasteiger partial charge in [0.1, 0.15) is 5.75 Å². The normalized spacial score (nSPS) is 10.8. The summed E-state index contributed by atoms with van der Waals surface area (Å²) in [4.78, 5) is 16.1. The number of aromatic nitrogens is 2. The van der Waals surface area contributed by atoms with E-state index in [0.29, 0.717) is 25.5 Å². The monoisotopic (exact) mass is 363 g/mol. The Hall–Kier alpha value is -3.08. The van der Waals surface area contributed by atoms with Crippen LogP contribution in [0.15, 0.2) is 67.3 Å². The summed E-state index contributed by atoms with van der Waals surface area (Å²) in [6, 6.07) is 16.0. The van der Waals surface area contributed by atoms with Crippen molar-refractivity contribution in [2.75, 3.05) is 6.61 Å². The molecule has 0 saturated heterocycles. The molecule has 5 nitrogen and oxygen atoms in total. The van der Waals surface area contributed by atoms with Crippen molar-refractivity contribution < 1.29 is 9.53 Å². The zero-order valence-electron chi connectivity index (χ0n) is 15.8. The minimum Gasteiger partial charge on any atom is -0.493 e. The smallest absolute Gasteiger partial charge is 0.223 e. The van der Waals surface area contributed by atoms with E-state index in [9.17, 15) is 4.79 Å². The number of imidazole rings is 1. The highest BCUT2D eigenvalue weighted by atomic mass is 16.5. The molecule has 0 radical (unpaired) electrons. The van der Waals surface area contributed by atoms with E-state index in [1.807, 2.05) is 47.2 Å². The number of carbonyl (C=O) groups excluding carboxylic acids is 1. The lowest BCUT2D eigenvalue weighted by Crippen LogP contribution is -2.24. The van der Waals surface area contributed by atoms with Crippen LogP contribution in [0.25, 0.3) is 5.69 Å². The van der Waals surface area contributed by atoms with Crippen molar-refractivity contribution in [2.24, 2.45) is 0 Å². The quantitative estimate of drug-likeness (QED) is 0.656. The second-order valence-corrected chi connectivity index (χ2v) is 6.74. The second kappa shape index (κ2) is 9.03. The summed E-state index contributed by atoms with van der Waals surface area (Å²) in [6.07, 6.45) is 5.71. The molecule has 5 heteroatoms. The van der Waals surface area contributed by atoms with Crippen molar-refractivity contribution in [3.05, 3.63) is 78.4 Å². The summed E-state index contributed by atoms with van der Waals surface area (Å²) in [6.45, 7) is 5.17. The molecule has 1 N–H and O–H groups in total. The Labute approximate surface area is 160 Å². The van der Waals surface area contributed by atoms with Gasteiger partial charge in [0.25, 0.3) is 0 Å². The molecule has 1 amide bonds. The Morgan fingerprint density at radius 3 is 2.70 bits per heavy atom. The molecule has 0 unspecified atom stereocenters. The highest BCUT2D eigenvalue weighted by Crippen LogP contribution is 2.18. The van der Waals surface area contributed by atoms with Crippen molar-refractivity contribution in [3.8, 4) is 11.4 Å². The van der Waals surface area contributed by atoms with Crippen LogP contribution in [0, 0.1) is 0 Å². The Morgan fingerprint density at radius 1 is 1.19 bits per heavy atom. The number of ether oxygens (including phenoxy) is 1. The van der Waals surface area contributed by atoms with Crippen LogP contribution in [0.2, 0.25) is 0 Å². The molecule has 3 rings (SSSR count). The van der Waals surface area contributed by atoms with Crippen LogP contribution in [-0.4, -0.2) is 22.1 Å². The maximum absolute atomic E-state index is 12.1. The molecule has 0 saturated carbocycles. The van der Waals surface area contributed by atoms with Crippen molar-refractivity contribution in [3.63, 3.8) is 0 Å². The van der Waals surface area contributed by atoms with Crippen LogP contribution >= 0.6 is 0 Å². The first kappa shape index (κ1) is 18.7. The molecule has 140 valence electrons. The van der Waals surface area contributed by atoms with Crippen LogP contribution in [0.1, 0.15) is 37.3 Å². The Kier molecular flexibility index (Phi) is 6.26. The largest absolute Gasteiger partial charge is 0.493 e. The number of amides is 1. The number of hydrogen-bond acceptors (Lipinski definition) is 3. The summed E-state index contributed by atoms with van der Waals surface area (Å²) in [7, 11) is 0. The topological polar surface area (TPSA) is 56.1 Å². The van der Waals surface area contributed by atoms with Gasteiger partial charge in [-0.05, 0) is 41.3 Å².